The third-order valence-corrected chi connectivity index (χ3v) is 3.13. The van der Waals surface area contributed by atoms with Crippen LogP contribution in [0.4, 0.5) is 13.2 Å². The summed E-state index contributed by atoms with van der Waals surface area (Å²) in [5.74, 6) is 0.125. The monoisotopic (exact) mass is 228 g/mol. The van der Waals surface area contributed by atoms with Crippen LogP contribution in [-0.2, 0) is 0 Å². The Kier molecular flexibility index (Phi) is 3.18. The zero-order valence-corrected chi connectivity index (χ0v) is 8.56. The van der Waals surface area contributed by atoms with Crippen molar-refractivity contribution in [2.24, 2.45) is 0 Å². The van der Waals surface area contributed by atoms with Crippen molar-refractivity contribution in [3.63, 3.8) is 0 Å². The number of nitrogens with zero attached hydrogens (tertiary/aromatic N) is 2. The quantitative estimate of drug-likeness (QED) is 0.726. The minimum atomic E-state index is -4.27. The Labute approximate surface area is 81.6 Å². The number of rotatable bonds is 2. The standard InChI is InChI=1S/C6H7F3N2S2/c1-3(2)4-10-11-5(12-4)13-6(7,8)9/h3H,1-2H3. The highest BCUT2D eigenvalue weighted by Gasteiger charge is 2.31. The molecule has 0 amide bonds. The summed E-state index contributed by atoms with van der Waals surface area (Å²) < 4.78 is 35.5. The third kappa shape index (κ3) is 3.51. The predicted molar refractivity (Wildman–Crippen MR) is 45.9 cm³/mol. The van der Waals surface area contributed by atoms with E-state index in [9.17, 15) is 13.2 Å². The normalized spacial score (nSPS) is 12.5. The Morgan fingerprint density at radius 1 is 1.31 bits per heavy atom. The van der Waals surface area contributed by atoms with Gasteiger partial charge in [-0.05, 0) is 0 Å². The molecule has 1 heterocycles. The number of thioether (sulfide) groups is 1. The van der Waals surface area contributed by atoms with Gasteiger partial charge in [-0.1, -0.05) is 25.2 Å². The van der Waals surface area contributed by atoms with Gasteiger partial charge in [-0.2, -0.15) is 13.2 Å². The number of halogens is 3. The maximum Gasteiger partial charge on any atom is 0.448 e. The molecule has 0 aliphatic carbocycles. The van der Waals surface area contributed by atoms with E-state index < -0.39 is 5.51 Å². The average molecular weight is 228 g/mol. The zero-order valence-electron chi connectivity index (χ0n) is 6.92. The summed E-state index contributed by atoms with van der Waals surface area (Å²) in [6, 6.07) is 0. The summed E-state index contributed by atoms with van der Waals surface area (Å²) >= 11 is 0.772. The van der Waals surface area contributed by atoms with Crippen LogP contribution in [0.2, 0.25) is 0 Å². The first-order valence-corrected chi connectivity index (χ1v) is 5.11. The van der Waals surface area contributed by atoms with Gasteiger partial charge in [0.2, 0.25) is 0 Å². The van der Waals surface area contributed by atoms with Crippen LogP contribution in [0.3, 0.4) is 0 Å². The minimum Gasteiger partial charge on any atom is -0.160 e. The third-order valence-electron chi connectivity index (χ3n) is 1.12. The van der Waals surface area contributed by atoms with Crippen molar-refractivity contribution < 1.29 is 13.2 Å². The molecule has 2 nitrogen and oxygen atoms in total. The second kappa shape index (κ2) is 3.83. The van der Waals surface area contributed by atoms with Crippen molar-refractivity contribution in [2.75, 3.05) is 0 Å². The van der Waals surface area contributed by atoms with Gasteiger partial charge in [0, 0.05) is 17.7 Å². The Balaban J connectivity index is 2.70. The molecule has 0 aromatic carbocycles. The molecule has 0 spiro atoms. The second-order valence-electron chi connectivity index (χ2n) is 2.61. The molecule has 0 atom stereocenters. The lowest BCUT2D eigenvalue weighted by Crippen LogP contribution is -1.98. The lowest BCUT2D eigenvalue weighted by atomic mass is 10.2. The van der Waals surface area contributed by atoms with Gasteiger partial charge in [0.15, 0.2) is 4.34 Å². The molecule has 0 unspecified atom stereocenters. The average Bonchev–Trinajstić information content (AvgIpc) is 2.31. The maximum absolute atomic E-state index is 11.9. The molecule has 0 aliphatic rings. The Hall–Kier alpha value is -0.300. The van der Waals surface area contributed by atoms with E-state index in [1.54, 1.807) is 0 Å². The molecule has 1 aromatic heterocycles. The molecular weight excluding hydrogens is 221 g/mol. The van der Waals surface area contributed by atoms with Crippen LogP contribution < -0.4 is 0 Å². The molecule has 1 rings (SSSR count). The van der Waals surface area contributed by atoms with Crippen LogP contribution >= 0.6 is 23.1 Å². The maximum atomic E-state index is 11.9. The van der Waals surface area contributed by atoms with Crippen molar-refractivity contribution in [1.82, 2.24) is 10.2 Å². The fourth-order valence-electron chi connectivity index (χ4n) is 0.594. The molecule has 0 saturated carbocycles. The molecule has 0 N–H and O–H groups in total. The van der Waals surface area contributed by atoms with Crippen LogP contribution in [0.15, 0.2) is 4.34 Å². The molecule has 0 fully saturated rings. The van der Waals surface area contributed by atoms with Gasteiger partial charge >= 0.3 is 5.51 Å². The van der Waals surface area contributed by atoms with Crippen molar-refractivity contribution in [1.29, 1.82) is 0 Å². The highest BCUT2D eigenvalue weighted by Crippen LogP contribution is 2.38. The predicted octanol–water partition coefficient (Wildman–Crippen LogP) is 3.27. The molecule has 13 heavy (non-hydrogen) atoms. The number of aromatic nitrogens is 2. The van der Waals surface area contributed by atoms with Crippen molar-refractivity contribution in [3.05, 3.63) is 5.01 Å². The fraction of sp³-hybridized carbons (Fsp3) is 0.667. The summed E-state index contributed by atoms with van der Waals surface area (Å²) in [6.07, 6.45) is 0. The van der Waals surface area contributed by atoms with Crippen LogP contribution in [-0.4, -0.2) is 15.7 Å². The molecule has 0 saturated heterocycles. The molecule has 0 aliphatic heterocycles. The Morgan fingerprint density at radius 3 is 2.31 bits per heavy atom. The van der Waals surface area contributed by atoms with Gasteiger partial charge in [0.05, 0.1) is 0 Å². The number of hydrogen-bond acceptors (Lipinski definition) is 4. The van der Waals surface area contributed by atoms with Crippen LogP contribution in [0.25, 0.3) is 0 Å². The summed E-state index contributed by atoms with van der Waals surface area (Å²) in [6.45, 7) is 3.73. The topological polar surface area (TPSA) is 25.8 Å². The molecule has 7 heteroatoms. The van der Waals surface area contributed by atoms with Gasteiger partial charge in [-0.25, -0.2) is 0 Å². The number of hydrogen-bond donors (Lipinski definition) is 0. The second-order valence-corrected chi connectivity index (χ2v) is 4.93. The highest BCUT2D eigenvalue weighted by molar-refractivity contribution is 8.01. The molecule has 1 aromatic rings. The zero-order chi connectivity index (χ0) is 10.1. The van der Waals surface area contributed by atoms with Gasteiger partial charge in [0.25, 0.3) is 0 Å². The van der Waals surface area contributed by atoms with E-state index in [2.05, 4.69) is 10.2 Å². The van der Waals surface area contributed by atoms with E-state index in [4.69, 9.17) is 0 Å². The Bertz CT molecular complexity index is 282. The van der Waals surface area contributed by atoms with E-state index >= 15 is 0 Å². The van der Waals surface area contributed by atoms with E-state index in [1.807, 2.05) is 13.8 Å². The van der Waals surface area contributed by atoms with Gasteiger partial charge in [-0.15, -0.1) is 10.2 Å². The van der Waals surface area contributed by atoms with Crippen molar-refractivity contribution >= 4 is 23.1 Å². The molecule has 74 valence electrons. The van der Waals surface area contributed by atoms with E-state index in [1.165, 1.54) is 0 Å². The van der Waals surface area contributed by atoms with Crippen molar-refractivity contribution in [2.45, 2.75) is 29.6 Å². The molecular formula is C6H7F3N2S2. The fourth-order valence-corrected chi connectivity index (χ4v) is 2.16. The van der Waals surface area contributed by atoms with Crippen molar-refractivity contribution in [3.8, 4) is 0 Å². The largest absolute Gasteiger partial charge is 0.448 e. The molecule has 0 radical (unpaired) electrons. The van der Waals surface area contributed by atoms with Crippen LogP contribution in [0, 0.1) is 0 Å². The highest BCUT2D eigenvalue weighted by atomic mass is 32.2. The van der Waals surface area contributed by atoms with Gasteiger partial charge < -0.3 is 0 Å². The van der Waals surface area contributed by atoms with Crippen LogP contribution in [0.1, 0.15) is 24.8 Å². The Morgan fingerprint density at radius 2 is 1.92 bits per heavy atom. The minimum absolute atomic E-state index is 0.0452. The van der Waals surface area contributed by atoms with Gasteiger partial charge in [0.1, 0.15) is 5.01 Å². The first-order chi connectivity index (χ1) is 5.88. The summed E-state index contributed by atoms with van der Waals surface area (Å²) in [5, 5.41) is 7.71. The molecule has 0 bridgehead atoms. The van der Waals surface area contributed by atoms with E-state index in [0.29, 0.717) is 5.01 Å². The van der Waals surface area contributed by atoms with Crippen LogP contribution in [0.5, 0.6) is 0 Å². The summed E-state index contributed by atoms with van der Waals surface area (Å²) in [5.41, 5.74) is -4.27. The SMILES string of the molecule is CC(C)c1nnc(SC(F)(F)F)s1. The number of alkyl halides is 3. The van der Waals surface area contributed by atoms with E-state index in [0.717, 1.165) is 11.3 Å². The smallest absolute Gasteiger partial charge is 0.160 e. The lowest BCUT2D eigenvalue weighted by Gasteiger charge is -1.99. The van der Waals surface area contributed by atoms with E-state index in [-0.39, 0.29) is 22.0 Å². The first kappa shape index (κ1) is 10.8. The summed E-state index contributed by atoms with van der Waals surface area (Å²) in [7, 11) is 0. The first-order valence-electron chi connectivity index (χ1n) is 3.47. The lowest BCUT2D eigenvalue weighted by molar-refractivity contribution is -0.0328. The summed E-state index contributed by atoms with van der Waals surface area (Å²) in [4.78, 5) is 0. The van der Waals surface area contributed by atoms with Gasteiger partial charge in [-0.3, -0.25) is 0 Å².